The topological polar surface area (TPSA) is 52.7 Å². The summed E-state index contributed by atoms with van der Waals surface area (Å²) in [5.41, 5.74) is 0.559. The van der Waals surface area contributed by atoms with Gasteiger partial charge in [0.15, 0.2) is 0 Å². The molecule has 3 rings (SSSR count). The lowest BCUT2D eigenvalue weighted by atomic mass is 10.2. The Labute approximate surface area is 182 Å². The highest BCUT2D eigenvalue weighted by Crippen LogP contribution is 2.24. The summed E-state index contributed by atoms with van der Waals surface area (Å²) in [6.07, 6.45) is 0. The molecule has 0 saturated carbocycles. The van der Waals surface area contributed by atoms with E-state index in [-0.39, 0.29) is 17.6 Å². The third-order valence-corrected chi connectivity index (χ3v) is 6.25. The van der Waals surface area contributed by atoms with E-state index in [1.54, 1.807) is 17.0 Å². The van der Waals surface area contributed by atoms with Crippen molar-refractivity contribution in [2.75, 3.05) is 36.8 Å². The molecule has 154 valence electrons. The van der Waals surface area contributed by atoms with Gasteiger partial charge in [0.2, 0.25) is 11.8 Å². The molecule has 0 bridgehead atoms. The van der Waals surface area contributed by atoms with Crippen LogP contribution in [0.25, 0.3) is 0 Å². The Bertz CT molecular complexity index is 875. The first-order chi connectivity index (χ1) is 13.9. The Morgan fingerprint density at radius 3 is 2.52 bits per heavy atom. The number of nitrogens with one attached hydrogen (secondary N) is 1. The van der Waals surface area contributed by atoms with Crippen molar-refractivity contribution in [3.05, 3.63) is 58.8 Å². The van der Waals surface area contributed by atoms with Crippen molar-refractivity contribution in [3.63, 3.8) is 0 Å². The molecule has 1 unspecified atom stereocenters. The van der Waals surface area contributed by atoms with Gasteiger partial charge in [-0.1, -0.05) is 34.1 Å². The minimum absolute atomic E-state index is 0.101. The number of carbonyl (C=O) groups is 2. The van der Waals surface area contributed by atoms with Gasteiger partial charge < -0.3 is 15.1 Å². The van der Waals surface area contributed by atoms with E-state index >= 15 is 0 Å². The summed E-state index contributed by atoms with van der Waals surface area (Å²) >= 11 is 4.97. The number of halogens is 2. The second-order valence-electron chi connectivity index (χ2n) is 6.79. The second kappa shape index (κ2) is 10.1. The molecule has 2 aromatic carbocycles. The number of carbonyl (C=O) groups excluding carboxylic acids is 2. The number of rotatable bonds is 6. The predicted molar refractivity (Wildman–Crippen MR) is 118 cm³/mol. The van der Waals surface area contributed by atoms with Crippen LogP contribution in [0, 0.1) is 5.82 Å². The van der Waals surface area contributed by atoms with Crippen LogP contribution in [0.4, 0.5) is 10.1 Å². The standard InChI is InChI=1S/C21H23BrFN3O2S/c1-15(27)24-19(14-29-17-6-4-5-16(22)13-17)21(28)26-11-9-25(10-12-26)20-8-3-2-7-18(20)23/h2-8,13,19H,9-12,14H2,1H3,(H,24,27). The molecule has 1 N–H and O–H groups in total. The van der Waals surface area contributed by atoms with Crippen LogP contribution in [0.1, 0.15) is 6.92 Å². The lowest BCUT2D eigenvalue weighted by Crippen LogP contribution is -2.55. The fourth-order valence-electron chi connectivity index (χ4n) is 3.25. The van der Waals surface area contributed by atoms with E-state index in [2.05, 4.69) is 21.2 Å². The van der Waals surface area contributed by atoms with E-state index in [1.807, 2.05) is 35.2 Å². The van der Waals surface area contributed by atoms with Gasteiger partial charge in [-0.05, 0) is 30.3 Å². The average Bonchev–Trinajstić information content (AvgIpc) is 2.71. The van der Waals surface area contributed by atoms with E-state index in [4.69, 9.17) is 0 Å². The third-order valence-electron chi connectivity index (χ3n) is 4.67. The molecule has 0 spiro atoms. The number of amides is 2. The summed E-state index contributed by atoms with van der Waals surface area (Å²) in [5.74, 6) is -0.143. The van der Waals surface area contributed by atoms with E-state index in [0.29, 0.717) is 37.6 Å². The van der Waals surface area contributed by atoms with Crippen LogP contribution in [-0.4, -0.2) is 54.7 Å². The fourth-order valence-corrected chi connectivity index (χ4v) is 4.77. The van der Waals surface area contributed by atoms with Gasteiger partial charge in [0.05, 0.1) is 5.69 Å². The molecule has 0 aliphatic carbocycles. The van der Waals surface area contributed by atoms with E-state index in [1.165, 1.54) is 24.8 Å². The molecule has 1 atom stereocenters. The fraction of sp³-hybridized carbons (Fsp3) is 0.333. The van der Waals surface area contributed by atoms with Crippen molar-refractivity contribution >= 4 is 45.2 Å². The lowest BCUT2D eigenvalue weighted by Gasteiger charge is -2.37. The molecule has 1 fully saturated rings. The molecule has 2 aromatic rings. The molecule has 1 aliphatic heterocycles. The van der Waals surface area contributed by atoms with Crippen LogP contribution >= 0.6 is 27.7 Å². The molecule has 8 heteroatoms. The van der Waals surface area contributed by atoms with Gasteiger partial charge in [-0.3, -0.25) is 9.59 Å². The first-order valence-electron chi connectivity index (χ1n) is 9.38. The van der Waals surface area contributed by atoms with E-state index in [9.17, 15) is 14.0 Å². The summed E-state index contributed by atoms with van der Waals surface area (Å²) < 4.78 is 15.0. The Balaban J connectivity index is 1.61. The Morgan fingerprint density at radius 1 is 1.14 bits per heavy atom. The van der Waals surface area contributed by atoms with Crippen LogP contribution in [-0.2, 0) is 9.59 Å². The molecule has 1 aliphatic rings. The SMILES string of the molecule is CC(=O)NC(CSc1cccc(Br)c1)C(=O)N1CCN(c2ccccc2F)CC1. The normalized spacial score (nSPS) is 15.1. The summed E-state index contributed by atoms with van der Waals surface area (Å²) in [7, 11) is 0. The summed E-state index contributed by atoms with van der Waals surface area (Å²) in [6, 6.07) is 13.9. The van der Waals surface area contributed by atoms with Crippen LogP contribution in [0.5, 0.6) is 0 Å². The molecule has 2 amide bonds. The Kier molecular flexibility index (Phi) is 7.55. The summed E-state index contributed by atoms with van der Waals surface area (Å²) in [4.78, 5) is 29.4. The maximum Gasteiger partial charge on any atom is 0.246 e. The van der Waals surface area contributed by atoms with Crippen LogP contribution in [0.2, 0.25) is 0 Å². The maximum atomic E-state index is 14.0. The van der Waals surface area contributed by atoms with Crippen molar-refractivity contribution in [2.45, 2.75) is 17.9 Å². The monoisotopic (exact) mass is 479 g/mol. The number of thioether (sulfide) groups is 1. The Morgan fingerprint density at radius 2 is 1.86 bits per heavy atom. The molecular weight excluding hydrogens is 457 g/mol. The molecular formula is C21H23BrFN3O2S. The van der Waals surface area contributed by atoms with Gasteiger partial charge >= 0.3 is 0 Å². The predicted octanol–water partition coefficient (Wildman–Crippen LogP) is 3.53. The first-order valence-corrected chi connectivity index (χ1v) is 11.2. The number of nitrogens with zero attached hydrogens (tertiary/aromatic N) is 2. The first kappa shape index (κ1) is 21.6. The molecule has 1 saturated heterocycles. The van der Waals surface area contributed by atoms with Crippen molar-refractivity contribution in [1.29, 1.82) is 0 Å². The second-order valence-corrected chi connectivity index (χ2v) is 8.79. The van der Waals surface area contributed by atoms with Crippen LogP contribution in [0.15, 0.2) is 57.9 Å². The van der Waals surface area contributed by atoms with Crippen LogP contribution in [0.3, 0.4) is 0 Å². The van der Waals surface area contributed by atoms with Crippen LogP contribution < -0.4 is 10.2 Å². The summed E-state index contributed by atoms with van der Waals surface area (Å²) in [6.45, 7) is 3.51. The van der Waals surface area contributed by atoms with E-state index < -0.39 is 6.04 Å². The van der Waals surface area contributed by atoms with Crippen molar-refractivity contribution in [2.24, 2.45) is 0 Å². The van der Waals surface area contributed by atoms with Gasteiger partial charge in [0.1, 0.15) is 11.9 Å². The van der Waals surface area contributed by atoms with E-state index in [0.717, 1.165) is 9.37 Å². The summed E-state index contributed by atoms with van der Waals surface area (Å²) in [5, 5.41) is 2.78. The zero-order valence-electron chi connectivity index (χ0n) is 16.1. The number of para-hydroxylation sites is 1. The number of piperazine rings is 1. The van der Waals surface area contributed by atoms with Gasteiger partial charge in [0.25, 0.3) is 0 Å². The highest BCUT2D eigenvalue weighted by Gasteiger charge is 2.28. The van der Waals surface area contributed by atoms with Gasteiger partial charge in [-0.2, -0.15) is 0 Å². The minimum atomic E-state index is -0.600. The maximum absolute atomic E-state index is 14.0. The molecule has 29 heavy (non-hydrogen) atoms. The van der Waals surface area contributed by atoms with Gasteiger partial charge in [0, 0.05) is 48.2 Å². The zero-order chi connectivity index (χ0) is 20.8. The van der Waals surface area contributed by atoms with Crippen molar-refractivity contribution < 1.29 is 14.0 Å². The quantitative estimate of drug-likeness (QED) is 0.643. The molecule has 5 nitrogen and oxygen atoms in total. The Hall–Kier alpha value is -2.06. The number of hydrogen-bond acceptors (Lipinski definition) is 4. The average molecular weight is 480 g/mol. The smallest absolute Gasteiger partial charge is 0.246 e. The third kappa shape index (κ3) is 5.96. The molecule has 0 radical (unpaired) electrons. The van der Waals surface area contributed by atoms with Gasteiger partial charge in [-0.15, -0.1) is 11.8 Å². The van der Waals surface area contributed by atoms with Crippen molar-refractivity contribution in [1.82, 2.24) is 10.2 Å². The highest BCUT2D eigenvalue weighted by molar-refractivity contribution is 9.10. The van der Waals surface area contributed by atoms with Crippen molar-refractivity contribution in [3.8, 4) is 0 Å². The van der Waals surface area contributed by atoms with Gasteiger partial charge in [-0.25, -0.2) is 4.39 Å². The number of hydrogen-bond donors (Lipinski definition) is 1. The number of anilines is 1. The number of benzene rings is 2. The minimum Gasteiger partial charge on any atom is -0.366 e. The molecule has 0 aromatic heterocycles. The molecule has 1 heterocycles. The lowest BCUT2D eigenvalue weighted by molar-refractivity contribution is -0.135. The zero-order valence-corrected chi connectivity index (χ0v) is 18.5. The highest BCUT2D eigenvalue weighted by atomic mass is 79.9. The largest absolute Gasteiger partial charge is 0.366 e.